The van der Waals surface area contributed by atoms with Gasteiger partial charge in [-0.25, -0.2) is 0 Å². The summed E-state index contributed by atoms with van der Waals surface area (Å²) in [7, 11) is -1.72. The van der Waals surface area contributed by atoms with Crippen LogP contribution in [0, 0.1) is 17.8 Å². The number of fused-ring (bicyclic) bond motifs is 2. The van der Waals surface area contributed by atoms with E-state index < -0.39 is 8.07 Å². The average molecular weight is 331 g/mol. The lowest BCUT2D eigenvalue weighted by Gasteiger charge is -2.28. The van der Waals surface area contributed by atoms with E-state index in [-0.39, 0.29) is 0 Å². The molecule has 0 amide bonds. The van der Waals surface area contributed by atoms with Crippen LogP contribution in [0.1, 0.15) is 13.8 Å². The van der Waals surface area contributed by atoms with E-state index in [4.69, 9.17) is 0 Å². The predicted octanol–water partition coefficient (Wildman–Crippen LogP) is 6.02. The lowest BCUT2D eigenvalue weighted by molar-refractivity contribution is 0.694. The summed E-state index contributed by atoms with van der Waals surface area (Å²) in [5, 5.41) is 3.24. The molecule has 0 saturated carbocycles. The highest BCUT2D eigenvalue weighted by Crippen LogP contribution is 2.46. The van der Waals surface area contributed by atoms with Crippen molar-refractivity contribution in [3.8, 4) is 0 Å². The van der Waals surface area contributed by atoms with Crippen molar-refractivity contribution in [1.82, 2.24) is 0 Å². The molecule has 4 aliphatic carbocycles. The van der Waals surface area contributed by atoms with Crippen LogP contribution in [0.25, 0.3) is 0 Å². The molecule has 24 heavy (non-hydrogen) atoms. The van der Waals surface area contributed by atoms with E-state index in [0.29, 0.717) is 17.8 Å². The van der Waals surface area contributed by atoms with Gasteiger partial charge >= 0.3 is 0 Å². The van der Waals surface area contributed by atoms with Crippen molar-refractivity contribution < 1.29 is 0 Å². The van der Waals surface area contributed by atoms with Crippen molar-refractivity contribution in [3.63, 3.8) is 0 Å². The maximum atomic E-state index is 2.55. The average Bonchev–Trinajstić information content (AvgIpc) is 3.17. The minimum absolute atomic E-state index is 0.495. The standard InChI is InChI=1S/C23H26Si/c1-16(2)21-15-23(20-12-8-7-11-19(20)21)24(3,4)22-14-13-17-9-5-6-10-18(17)22/h5-17,19H,1-4H3. The van der Waals surface area contributed by atoms with E-state index >= 15 is 0 Å². The Labute approximate surface area is 147 Å². The summed E-state index contributed by atoms with van der Waals surface area (Å²) in [5.41, 5.74) is 4.67. The summed E-state index contributed by atoms with van der Waals surface area (Å²) in [6.07, 6.45) is 25.5. The Morgan fingerprint density at radius 3 is 2.25 bits per heavy atom. The van der Waals surface area contributed by atoms with Crippen LogP contribution < -0.4 is 0 Å². The van der Waals surface area contributed by atoms with Crippen molar-refractivity contribution in [3.05, 3.63) is 93.9 Å². The van der Waals surface area contributed by atoms with Crippen LogP contribution in [0.5, 0.6) is 0 Å². The van der Waals surface area contributed by atoms with E-state index in [9.17, 15) is 0 Å². The molecule has 0 radical (unpaired) electrons. The summed E-state index contributed by atoms with van der Waals surface area (Å²) in [4.78, 5) is 0. The van der Waals surface area contributed by atoms with E-state index in [2.05, 4.69) is 93.8 Å². The molecule has 0 N–H and O–H groups in total. The van der Waals surface area contributed by atoms with Gasteiger partial charge in [-0.15, -0.1) is 0 Å². The molecule has 0 aromatic rings. The van der Waals surface area contributed by atoms with Crippen LogP contribution in [-0.2, 0) is 0 Å². The van der Waals surface area contributed by atoms with E-state index in [0.717, 1.165) is 0 Å². The molecule has 0 fully saturated rings. The zero-order chi connectivity index (χ0) is 16.9. The van der Waals surface area contributed by atoms with Gasteiger partial charge in [0.05, 0.1) is 0 Å². The molecular formula is C23H26Si. The zero-order valence-corrected chi connectivity index (χ0v) is 16.1. The molecule has 0 heterocycles. The first-order chi connectivity index (χ1) is 11.5. The summed E-state index contributed by atoms with van der Waals surface area (Å²) >= 11 is 0. The second kappa shape index (κ2) is 5.60. The Morgan fingerprint density at radius 2 is 1.50 bits per heavy atom. The highest BCUT2D eigenvalue weighted by Gasteiger charge is 2.39. The molecule has 0 aliphatic heterocycles. The van der Waals surface area contributed by atoms with Gasteiger partial charge in [0.15, 0.2) is 0 Å². The summed E-state index contributed by atoms with van der Waals surface area (Å²) in [5.74, 6) is 1.60. The lowest BCUT2D eigenvalue weighted by Crippen LogP contribution is -2.32. The third-order valence-electron chi connectivity index (χ3n) is 5.87. The third kappa shape index (κ3) is 2.26. The normalized spacial score (nSPS) is 27.5. The molecule has 2 atom stereocenters. The molecule has 1 heteroatoms. The zero-order valence-electron chi connectivity index (χ0n) is 15.1. The number of allylic oxidation sites excluding steroid dienone is 16. The largest absolute Gasteiger partial charge is 0.113 e. The van der Waals surface area contributed by atoms with Crippen LogP contribution in [0.15, 0.2) is 93.9 Å². The molecule has 0 aromatic heterocycles. The smallest absolute Gasteiger partial charge is 0.0733 e. The van der Waals surface area contributed by atoms with Crippen molar-refractivity contribution in [2.24, 2.45) is 17.8 Å². The van der Waals surface area contributed by atoms with Crippen LogP contribution in [0.2, 0.25) is 13.1 Å². The highest BCUT2D eigenvalue weighted by atomic mass is 28.3. The van der Waals surface area contributed by atoms with Crippen LogP contribution >= 0.6 is 0 Å². The minimum atomic E-state index is -1.72. The first-order valence-corrected chi connectivity index (χ1v) is 12.1. The van der Waals surface area contributed by atoms with Gasteiger partial charge in [0.25, 0.3) is 0 Å². The molecule has 122 valence electrons. The number of hydrogen-bond acceptors (Lipinski definition) is 0. The van der Waals surface area contributed by atoms with Gasteiger partial charge in [0.2, 0.25) is 0 Å². The van der Waals surface area contributed by atoms with Crippen LogP contribution in [-0.4, -0.2) is 8.07 Å². The second-order valence-electron chi connectivity index (χ2n) is 8.01. The Hall–Kier alpha value is -1.86. The molecule has 4 aliphatic rings. The van der Waals surface area contributed by atoms with Crippen molar-refractivity contribution in [1.29, 1.82) is 0 Å². The SMILES string of the molecule is CC(C)C1=CC([Si](C)(C)C2=C3C=CC=CC3C=C2)=C2C=CC=CC12. The van der Waals surface area contributed by atoms with Gasteiger partial charge in [-0.05, 0) is 17.1 Å². The van der Waals surface area contributed by atoms with E-state index in [1.807, 2.05) is 0 Å². The van der Waals surface area contributed by atoms with Crippen molar-refractivity contribution in [2.45, 2.75) is 26.9 Å². The van der Waals surface area contributed by atoms with E-state index in [1.54, 1.807) is 21.5 Å². The second-order valence-corrected chi connectivity index (χ2v) is 12.3. The quantitative estimate of drug-likeness (QED) is 0.555. The molecule has 2 unspecified atom stereocenters. The predicted molar refractivity (Wildman–Crippen MR) is 107 cm³/mol. The fraction of sp³-hybridized carbons (Fsp3) is 0.304. The van der Waals surface area contributed by atoms with Gasteiger partial charge in [0.1, 0.15) is 8.07 Å². The fourth-order valence-electron chi connectivity index (χ4n) is 4.50. The topological polar surface area (TPSA) is 0 Å². The first-order valence-electron chi connectivity index (χ1n) is 9.09. The highest BCUT2D eigenvalue weighted by molar-refractivity contribution is 6.92. The number of rotatable bonds is 3. The molecule has 0 spiro atoms. The molecule has 0 saturated heterocycles. The summed E-state index contributed by atoms with van der Waals surface area (Å²) in [6, 6.07) is 0. The van der Waals surface area contributed by atoms with Gasteiger partial charge < -0.3 is 0 Å². The lowest BCUT2D eigenvalue weighted by atomic mass is 9.86. The summed E-state index contributed by atoms with van der Waals surface area (Å²) in [6.45, 7) is 9.71. The maximum absolute atomic E-state index is 2.55. The Balaban J connectivity index is 1.84. The van der Waals surface area contributed by atoms with Gasteiger partial charge in [0, 0.05) is 11.8 Å². The third-order valence-corrected chi connectivity index (χ3v) is 9.45. The van der Waals surface area contributed by atoms with Crippen molar-refractivity contribution >= 4 is 8.07 Å². The van der Waals surface area contributed by atoms with Crippen LogP contribution in [0.3, 0.4) is 0 Å². The Bertz CT molecular complexity index is 816. The van der Waals surface area contributed by atoms with Gasteiger partial charge in [-0.2, -0.15) is 0 Å². The summed E-state index contributed by atoms with van der Waals surface area (Å²) < 4.78 is 0. The first kappa shape index (κ1) is 15.7. The fourth-order valence-corrected chi connectivity index (χ4v) is 7.76. The maximum Gasteiger partial charge on any atom is 0.113 e. The van der Waals surface area contributed by atoms with Crippen molar-refractivity contribution in [2.75, 3.05) is 0 Å². The molecule has 0 aromatic carbocycles. The van der Waals surface area contributed by atoms with E-state index in [1.165, 1.54) is 5.57 Å². The van der Waals surface area contributed by atoms with Gasteiger partial charge in [-0.1, -0.05) is 110 Å². The molecular weight excluding hydrogens is 304 g/mol. The number of hydrogen-bond donors (Lipinski definition) is 0. The Morgan fingerprint density at radius 1 is 0.792 bits per heavy atom. The molecule has 0 nitrogen and oxygen atoms in total. The Kier molecular flexibility index (Phi) is 3.65. The minimum Gasteiger partial charge on any atom is -0.0733 e. The monoisotopic (exact) mass is 330 g/mol. The van der Waals surface area contributed by atoms with Gasteiger partial charge in [-0.3, -0.25) is 0 Å². The van der Waals surface area contributed by atoms with Crippen LogP contribution in [0.4, 0.5) is 0 Å². The molecule has 0 bridgehead atoms. The molecule has 4 rings (SSSR count).